The van der Waals surface area contributed by atoms with Gasteiger partial charge in [-0.15, -0.1) is 0 Å². The molecule has 0 saturated heterocycles. The minimum Gasteiger partial charge on any atom is -0.507 e. The maximum atomic E-state index is 12.9. The van der Waals surface area contributed by atoms with Crippen LogP contribution in [0.2, 0.25) is 0 Å². The van der Waals surface area contributed by atoms with E-state index in [4.69, 9.17) is 9.47 Å². The van der Waals surface area contributed by atoms with E-state index in [0.29, 0.717) is 50.4 Å². The first kappa shape index (κ1) is 59.6. The molecular formula is C78H90N4O4+4. The molecule has 8 heteroatoms. The average Bonchev–Trinajstić information content (AvgIpc) is 2.83. The summed E-state index contributed by atoms with van der Waals surface area (Å²) in [7, 11) is 0. The van der Waals surface area contributed by atoms with Gasteiger partial charge in [-0.2, -0.15) is 9.13 Å². The maximum absolute atomic E-state index is 12.9. The Bertz CT molecular complexity index is 3540. The Morgan fingerprint density at radius 3 is 0.814 bits per heavy atom. The lowest BCUT2D eigenvalue weighted by atomic mass is 9.79. The first-order valence-corrected chi connectivity index (χ1v) is 31.3. The molecule has 0 unspecified atom stereocenters. The molecule has 0 radical (unpaired) electrons. The van der Waals surface area contributed by atoms with Gasteiger partial charge in [0.1, 0.15) is 36.1 Å². The smallest absolute Gasteiger partial charge is 0.211 e. The fourth-order valence-electron chi connectivity index (χ4n) is 12.1. The maximum Gasteiger partial charge on any atom is 0.211 e. The van der Waals surface area contributed by atoms with Crippen LogP contribution in [-0.4, -0.2) is 23.4 Å². The van der Waals surface area contributed by atoms with Crippen molar-refractivity contribution in [3.63, 3.8) is 0 Å². The Morgan fingerprint density at radius 2 is 0.558 bits per heavy atom. The number of aromatic hydroxyl groups is 2. The molecule has 9 aromatic rings. The van der Waals surface area contributed by atoms with Gasteiger partial charge in [-0.25, -0.2) is 9.13 Å². The van der Waals surface area contributed by atoms with Gasteiger partial charge in [0.05, 0.1) is 13.2 Å². The Morgan fingerprint density at radius 1 is 0.314 bits per heavy atom. The number of aryl methyl sites for hydroxylation is 2. The van der Waals surface area contributed by atoms with Crippen molar-refractivity contribution in [2.24, 2.45) is 0 Å². The molecule has 0 atom stereocenters. The van der Waals surface area contributed by atoms with E-state index in [1.165, 1.54) is 33.4 Å². The van der Waals surface area contributed by atoms with Gasteiger partial charge in [0.2, 0.25) is 11.4 Å². The van der Waals surface area contributed by atoms with Crippen LogP contribution in [0.25, 0.3) is 33.6 Å². The van der Waals surface area contributed by atoms with Crippen molar-refractivity contribution in [2.75, 3.05) is 13.2 Å². The third-order valence-corrected chi connectivity index (χ3v) is 17.7. The molecular weight excluding hydrogens is 1060 g/mol. The van der Waals surface area contributed by atoms with Gasteiger partial charge >= 0.3 is 0 Å². The lowest BCUT2D eigenvalue weighted by Gasteiger charge is -2.28. The van der Waals surface area contributed by atoms with Gasteiger partial charge in [0, 0.05) is 111 Å². The molecule has 15 heterocycles. The summed E-state index contributed by atoms with van der Waals surface area (Å²) in [5, 5.41) is 25.8. The summed E-state index contributed by atoms with van der Waals surface area (Å²) in [5.74, 6) is 2.29. The molecule has 20 bridgehead atoms. The zero-order valence-electron chi connectivity index (χ0n) is 53.2. The van der Waals surface area contributed by atoms with Crippen molar-refractivity contribution in [3.05, 3.63) is 238 Å². The minimum atomic E-state index is -0.204. The predicted octanol–water partition coefficient (Wildman–Crippen LogP) is 15.5. The highest BCUT2D eigenvalue weighted by Gasteiger charge is 2.29. The van der Waals surface area contributed by atoms with Crippen molar-refractivity contribution in [2.45, 2.75) is 169 Å². The second-order valence-corrected chi connectivity index (χ2v) is 28.5. The number of benzene rings is 5. The Hall–Kier alpha value is -8.10. The van der Waals surface area contributed by atoms with Crippen LogP contribution in [0.15, 0.2) is 171 Å². The third-order valence-electron chi connectivity index (χ3n) is 17.7. The topological polar surface area (TPSA) is 74.4 Å². The SMILES string of the molecule is CC(C)(C)c1cc2c(O)c(c1)Cc1cc(C(C)(C)C)cc3c1OCCCC[n+]1ccc(cc1)-c1cc[n+](cc1)-c1ccc(cc1)-[n+]1ccc(cc1)-c1cc[n+](cc1)CCCCOc1c(cc(C(C)(C)C)cc1Cc1cc(C(C)(C)C)cc(c1O)C3)C2. The van der Waals surface area contributed by atoms with Gasteiger partial charge in [0.15, 0.2) is 49.6 Å². The molecule has 0 fully saturated rings. The van der Waals surface area contributed by atoms with Crippen molar-refractivity contribution in [3.8, 4) is 56.6 Å². The molecule has 4 aromatic heterocycles. The Kier molecular flexibility index (Phi) is 16.6. The normalized spacial score (nSPS) is 14.5. The van der Waals surface area contributed by atoms with E-state index in [9.17, 15) is 10.2 Å². The van der Waals surface area contributed by atoms with Gasteiger partial charge < -0.3 is 19.7 Å². The summed E-state index contributed by atoms with van der Waals surface area (Å²) in [6, 6.07) is 44.4. The lowest BCUT2D eigenvalue weighted by molar-refractivity contribution is -0.697. The van der Waals surface area contributed by atoms with E-state index in [1.807, 2.05) is 0 Å². The molecule has 86 heavy (non-hydrogen) atoms. The van der Waals surface area contributed by atoms with Gasteiger partial charge in [-0.3, -0.25) is 0 Å². The zero-order chi connectivity index (χ0) is 60.7. The van der Waals surface area contributed by atoms with E-state index in [2.05, 4.69) is 272 Å². The fraction of sp³-hybridized carbons (Fsp3) is 0.359. The number of fused-ring (bicyclic) bond motifs is 1. The molecule has 2 N–H and O–H groups in total. The number of nitrogens with zero attached hydrogens (tertiary/aromatic N) is 4. The number of phenolic OH excluding ortho intramolecular Hbond substituents is 2. The largest absolute Gasteiger partial charge is 0.507 e. The van der Waals surface area contributed by atoms with Crippen LogP contribution in [0.1, 0.15) is 176 Å². The standard InChI is InChI=1S/C78H88N4O4/c1-75(2,3)65-45-57-41-61-49-67(77(7,8)9)51-63-43-59-47-66(76(4,5)6)48-60(72(59)84)44-64-52-68(78(10,11)12)50-62(42-58(46-65)71(57)83)74(64)86-40-16-14-30-80-33-23-54(24-34-80)56-27-37-82(38-28-56)70-19-17-69(18-20-70)81-35-25-55(26-36-81)53-21-31-79(32-22-53)29-13-15-39-85-73(61)63/h17-28,31-38,45-52H,13-16,29-30,39-44H2,1-12H3/q+2/p+2. The fourth-order valence-corrected chi connectivity index (χ4v) is 12.1. The van der Waals surface area contributed by atoms with E-state index >= 15 is 0 Å². The summed E-state index contributed by atoms with van der Waals surface area (Å²) >= 11 is 0. The highest BCUT2D eigenvalue weighted by Crippen LogP contribution is 2.44. The van der Waals surface area contributed by atoms with Gasteiger partial charge in [-0.05, 0) is 124 Å². The van der Waals surface area contributed by atoms with E-state index in [0.717, 1.165) is 117 Å². The summed E-state index contributed by atoms with van der Waals surface area (Å²) in [4.78, 5) is 0. The molecule has 12 aliphatic rings. The zero-order valence-corrected chi connectivity index (χ0v) is 53.2. The first-order valence-electron chi connectivity index (χ1n) is 31.3. The van der Waals surface area contributed by atoms with Gasteiger partial charge in [0.25, 0.3) is 0 Å². The minimum absolute atomic E-state index is 0.196. The van der Waals surface area contributed by atoms with Crippen LogP contribution in [0.4, 0.5) is 0 Å². The lowest BCUT2D eigenvalue weighted by Crippen LogP contribution is -2.33. The Balaban J connectivity index is 1.02. The molecule has 11 aliphatic heterocycles. The first-order chi connectivity index (χ1) is 40.9. The number of hydrogen-bond donors (Lipinski definition) is 2. The van der Waals surface area contributed by atoms with Crippen molar-refractivity contribution >= 4 is 0 Å². The van der Waals surface area contributed by atoms with Gasteiger partial charge in [-0.1, -0.05) is 132 Å². The quantitative estimate of drug-likeness (QED) is 0.148. The second kappa shape index (κ2) is 24.0. The van der Waals surface area contributed by atoms with E-state index in [-0.39, 0.29) is 21.7 Å². The van der Waals surface area contributed by atoms with E-state index < -0.39 is 0 Å². The number of phenols is 2. The highest BCUT2D eigenvalue weighted by atomic mass is 16.5. The van der Waals surface area contributed by atoms with Crippen LogP contribution in [-0.2, 0) is 60.4 Å². The predicted molar refractivity (Wildman–Crippen MR) is 345 cm³/mol. The molecule has 8 nitrogen and oxygen atoms in total. The van der Waals surface area contributed by atoms with Crippen LogP contribution in [0, 0.1) is 0 Å². The Labute approximate surface area is 512 Å². The number of ether oxygens (including phenoxy) is 2. The summed E-state index contributed by atoms with van der Waals surface area (Å²) in [5.41, 5.74) is 18.4. The number of hydrogen-bond acceptors (Lipinski definition) is 4. The molecule has 5 aromatic carbocycles. The van der Waals surface area contributed by atoms with Crippen LogP contribution in [0.5, 0.6) is 23.0 Å². The summed E-state index contributed by atoms with van der Waals surface area (Å²) < 4.78 is 23.2. The average molecular weight is 1150 g/mol. The number of rotatable bonds is 0. The number of aromatic nitrogens is 4. The number of pyridine rings is 4. The molecule has 1 aliphatic carbocycles. The molecule has 0 saturated carbocycles. The molecule has 0 spiro atoms. The highest BCUT2D eigenvalue weighted by molar-refractivity contribution is 5.63. The monoisotopic (exact) mass is 1150 g/mol. The summed E-state index contributed by atoms with van der Waals surface area (Å²) in [6.45, 7) is 29.9. The summed E-state index contributed by atoms with van der Waals surface area (Å²) in [6.07, 6.45) is 22.7. The van der Waals surface area contributed by atoms with Crippen molar-refractivity contribution in [1.82, 2.24) is 0 Å². The van der Waals surface area contributed by atoms with Crippen molar-refractivity contribution in [1.29, 1.82) is 0 Å². The van der Waals surface area contributed by atoms with Crippen LogP contribution in [0.3, 0.4) is 0 Å². The van der Waals surface area contributed by atoms with Crippen LogP contribution >= 0.6 is 0 Å². The van der Waals surface area contributed by atoms with E-state index in [1.54, 1.807) is 0 Å². The molecule has 21 rings (SSSR count). The molecule has 442 valence electrons. The third kappa shape index (κ3) is 13.5. The molecule has 0 amide bonds. The van der Waals surface area contributed by atoms with Crippen LogP contribution < -0.4 is 27.7 Å². The van der Waals surface area contributed by atoms with Crippen molar-refractivity contribution < 1.29 is 38.0 Å². The second-order valence-electron chi connectivity index (χ2n) is 28.5.